The summed E-state index contributed by atoms with van der Waals surface area (Å²) in [5, 5.41) is 4.14. The van der Waals surface area contributed by atoms with Gasteiger partial charge in [0.25, 0.3) is 0 Å². The smallest absolute Gasteiger partial charge is 0.412 e. The fourth-order valence-corrected chi connectivity index (χ4v) is 3.23. The lowest BCUT2D eigenvalue weighted by molar-refractivity contribution is -0.143. The molecule has 0 aliphatic carbocycles. The molecule has 3 rings (SSSR count). The lowest BCUT2D eigenvalue weighted by atomic mass is 10.1. The number of carbonyl (C=O) groups is 2. The number of nitrogens with zero attached hydrogens (tertiary/aromatic N) is 1. The van der Waals surface area contributed by atoms with Crippen molar-refractivity contribution in [3.63, 3.8) is 0 Å². The summed E-state index contributed by atoms with van der Waals surface area (Å²) in [5.74, 6) is -0.407. The molecule has 1 amide bonds. The molecule has 6 nitrogen and oxygen atoms in total. The molecule has 7 heteroatoms. The summed E-state index contributed by atoms with van der Waals surface area (Å²) < 4.78 is 12.2. The molecule has 1 atom stereocenters. The van der Waals surface area contributed by atoms with Gasteiger partial charge >= 0.3 is 12.1 Å². The molecule has 31 heavy (non-hydrogen) atoms. The van der Waals surface area contributed by atoms with Crippen LogP contribution in [0.2, 0.25) is 5.02 Å². The van der Waals surface area contributed by atoms with Gasteiger partial charge in [-0.05, 0) is 56.7 Å². The quantitative estimate of drug-likeness (QED) is 0.470. The van der Waals surface area contributed by atoms with Crippen LogP contribution in [0.4, 0.5) is 10.5 Å². The second kappa shape index (κ2) is 10.4. The average molecular weight is 445 g/mol. The molecule has 166 valence electrons. The average Bonchev–Trinajstić information content (AvgIpc) is 3.14. The third-order valence-electron chi connectivity index (χ3n) is 4.29. The van der Waals surface area contributed by atoms with Gasteiger partial charge in [-0.2, -0.15) is 0 Å². The molecule has 0 radical (unpaired) electrons. The molecule has 1 aromatic heterocycles. The number of anilines is 1. The van der Waals surface area contributed by atoms with Crippen LogP contribution in [0.3, 0.4) is 0 Å². The van der Waals surface area contributed by atoms with Crippen molar-refractivity contribution >= 4 is 40.3 Å². The van der Waals surface area contributed by atoms with Gasteiger partial charge in [-0.1, -0.05) is 43.6 Å². The van der Waals surface area contributed by atoms with Crippen molar-refractivity contribution in [3.05, 3.63) is 65.3 Å². The van der Waals surface area contributed by atoms with Gasteiger partial charge in [0.2, 0.25) is 0 Å². The van der Waals surface area contributed by atoms with Gasteiger partial charge in [-0.15, -0.1) is 0 Å². The first kappa shape index (κ1) is 24.3. The van der Waals surface area contributed by atoms with Crippen LogP contribution in [-0.2, 0) is 14.3 Å². The Morgan fingerprint density at radius 2 is 1.68 bits per heavy atom. The summed E-state index contributed by atoms with van der Waals surface area (Å²) in [4.78, 5) is 24.8. The Bertz CT molecular complexity index is 1040. The summed E-state index contributed by atoms with van der Waals surface area (Å²) in [6.45, 7) is 9.41. The first-order valence-electron chi connectivity index (χ1n) is 10.1. The van der Waals surface area contributed by atoms with Crippen LogP contribution in [0, 0.1) is 0 Å². The maximum atomic E-state index is 12.6. The number of nitrogens with one attached hydrogen (secondary N) is 1. The Balaban J connectivity index is 0.00000166. The van der Waals surface area contributed by atoms with Crippen molar-refractivity contribution in [2.24, 2.45) is 0 Å². The molecule has 0 saturated heterocycles. The van der Waals surface area contributed by atoms with Crippen LogP contribution in [-0.4, -0.2) is 29.3 Å². The van der Waals surface area contributed by atoms with Crippen LogP contribution >= 0.6 is 11.6 Å². The summed E-state index contributed by atoms with van der Waals surface area (Å²) in [6, 6.07) is 13.7. The molecular formula is C24H29ClN2O4. The van der Waals surface area contributed by atoms with E-state index in [-0.39, 0.29) is 0 Å². The molecule has 2 aromatic carbocycles. The lowest BCUT2D eigenvalue weighted by Crippen LogP contribution is -2.27. The van der Waals surface area contributed by atoms with E-state index in [1.165, 1.54) is 7.11 Å². The molecule has 1 N–H and O–H groups in total. The zero-order valence-corrected chi connectivity index (χ0v) is 19.5. The van der Waals surface area contributed by atoms with Crippen molar-refractivity contribution in [2.45, 2.75) is 46.3 Å². The summed E-state index contributed by atoms with van der Waals surface area (Å²) in [7, 11) is 1.35. The maximum absolute atomic E-state index is 12.6. The van der Waals surface area contributed by atoms with Crippen molar-refractivity contribution in [1.29, 1.82) is 0 Å². The minimum Gasteiger partial charge on any atom is -0.467 e. The van der Waals surface area contributed by atoms with Gasteiger partial charge in [0.1, 0.15) is 5.60 Å². The van der Waals surface area contributed by atoms with E-state index >= 15 is 0 Å². The standard InChI is InChI=1S/C22H23ClN2O4.C2H6/c1-22(2,3)29-21(27)24-17-6-5-7-18-16(17)12-13-25(18)19(20(26)28-4)14-8-10-15(23)11-9-14;1-2/h5-13,19H,1-4H3,(H,24,27);1-2H3. The van der Waals surface area contributed by atoms with Gasteiger partial charge in [-0.25, -0.2) is 9.59 Å². The predicted octanol–water partition coefficient (Wildman–Crippen LogP) is 6.43. The minimum atomic E-state index is -0.688. The Morgan fingerprint density at radius 3 is 2.26 bits per heavy atom. The highest BCUT2D eigenvalue weighted by Gasteiger charge is 2.25. The molecule has 0 aliphatic heterocycles. The molecule has 3 aromatic rings. The summed E-state index contributed by atoms with van der Waals surface area (Å²) in [5.41, 5.74) is 1.50. The number of carbonyl (C=O) groups excluding carboxylic acids is 2. The topological polar surface area (TPSA) is 69.6 Å². The maximum Gasteiger partial charge on any atom is 0.412 e. The van der Waals surface area contributed by atoms with Crippen LogP contribution in [0.25, 0.3) is 10.9 Å². The third kappa shape index (κ3) is 6.01. The highest BCUT2D eigenvalue weighted by Crippen LogP contribution is 2.31. The SMILES string of the molecule is CC.COC(=O)C(c1ccc(Cl)cc1)n1ccc2c(NC(=O)OC(C)(C)C)cccc21. The second-order valence-corrected chi connectivity index (χ2v) is 8.00. The van der Waals surface area contributed by atoms with Gasteiger partial charge in [0, 0.05) is 16.6 Å². The van der Waals surface area contributed by atoms with E-state index in [0.29, 0.717) is 10.7 Å². The molecule has 0 saturated carbocycles. The Hall–Kier alpha value is -2.99. The highest BCUT2D eigenvalue weighted by molar-refractivity contribution is 6.30. The van der Waals surface area contributed by atoms with Crippen molar-refractivity contribution in [2.75, 3.05) is 12.4 Å². The van der Waals surface area contributed by atoms with Crippen LogP contribution in [0.5, 0.6) is 0 Å². The number of rotatable bonds is 4. The zero-order valence-electron chi connectivity index (χ0n) is 18.7. The fraction of sp³-hybridized carbons (Fsp3) is 0.333. The minimum absolute atomic E-state index is 0.407. The normalized spacial score (nSPS) is 11.8. The molecule has 0 aliphatic rings. The van der Waals surface area contributed by atoms with Crippen LogP contribution in [0.1, 0.15) is 46.2 Å². The van der Waals surface area contributed by atoms with Gasteiger partial charge in [0.05, 0.1) is 18.3 Å². The number of methoxy groups -OCH3 is 1. The summed E-state index contributed by atoms with van der Waals surface area (Å²) >= 11 is 5.99. The predicted molar refractivity (Wildman–Crippen MR) is 125 cm³/mol. The fourth-order valence-electron chi connectivity index (χ4n) is 3.10. The Morgan fingerprint density at radius 1 is 1.03 bits per heavy atom. The number of fused-ring (bicyclic) bond motifs is 1. The van der Waals surface area contributed by atoms with E-state index in [2.05, 4.69) is 5.32 Å². The first-order chi connectivity index (χ1) is 14.7. The largest absolute Gasteiger partial charge is 0.467 e. The molecule has 0 fully saturated rings. The summed E-state index contributed by atoms with van der Waals surface area (Å²) in [6.07, 6.45) is 1.25. The Kier molecular flexibility index (Phi) is 8.11. The van der Waals surface area contributed by atoms with E-state index in [1.54, 1.807) is 57.3 Å². The number of amides is 1. The van der Waals surface area contributed by atoms with Crippen LogP contribution < -0.4 is 5.32 Å². The lowest BCUT2D eigenvalue weighted by Gasteiger charge is -2.20. The first-order valence-corrected chi connectivity index (χ1v) is 10.5. The van der Waals surface area contributed by atoms with E-state index in [0.717, 1.165) is 16.5 Å². The van der Waals surface area contributed by atoms with E-state index < -0.39 is 23.7 Å². The van der Waals surface area contributed by atoms with Gasteiger partial charge < -0.3 is 14.0 Å². The van der Waals surface area contributed by atoms with E-state index in [9.17, 15) is 9.59 Å². The zero-order chi connectivity index (χ0) is 23.2. The molecule has 0 bridgehead atoms. The number of benzene rings is 2. The monoisotopic (exact) mass is 444 g/mol. The highest BCUT2D eigenvalue weighted by atomic mass is 35.5. The number of halogens is 1. The number of ether oxygens (including phenoxy) is 2. The van der Waals surface area contributed by atoms with Crippen molar-refractivity contribution < 1.29 is 19.1 Å². The van der Waals surface area contributed by atoms with Crippen LogP contribution in [0.15, 0.2) is 54.7 Å². The van der Waals surface area contributed by atoms with Gasteiger partial charge in [-0.3, -0.25) is 5.32 Å². The van der Waals surface area contributed by atoms with E-state index in [1.807, 2.05) is 36.6 Å². The molecule has 0 spiro atoms. The molecule has 1 unspecified atom stereocenters. The number of hydrogen-bond acceptors (Lipinski definition) is 4. The number of aromatic nitrogens is 1. The molecule has 1 heterocycles. The third-order valence-corrected chi connectivity index (χ3v) is 4.54. The number of esters is 1. The number of hydrogen-bond donors (Lipinski definition) is 1. The van der Waals surface area contributed by atoms with Crippen molar-refractivity contribution in [1.82, 2.24) is 4.57 Å². The molecular weight excluding hydrogens is 416 g/mol. The van der Waals surface area contributed by atoms with E-state index in [4.69, 9.17) is 21.1 Å². The van der Waals surface area contributed by atoms with Crippen molar-refractivity contribution in [3.8, 4) is 0 Å². The van der Waals surface area contributed by atoms with Gasteiger partial charge in [0.15, 0.2) is 6.04 Å². The Labute approximate surface area is 188 Å². The second-order valence-electron chi connectivity index (χ2n) is 7.57.